The van der Waals surface area contributed by atoms with E-state index < -0.39 is 0 Å². The van der Waals surface area contributed by atoms with Crippen molar-refractivity contribution in [2.24, 2.45) is 0 Å². The molecule has 0 aromatic carbocycles. The third-order valence-electron chi connectivity index (χ3n) is 0.827. The van der Waals surface area contributed by atoms with Gasteiger partial charge in [0.1, 0.15) is 0 Å². The number of nitrogens with zero attached hydrogens (tertiary/aromatic N) is 2. The molecular formula is C5H6AsClN2. The summed E-state index contributed by atoms with van der Waals surface area (Å²) in [4.78, 5) is 7.97. The molecule has 0 radical (unpaired) electrons. The van der Waals surface area contributed by atoms with Gasteiger partial charge in [-0.05, 0) is 0 Å². The van der Waals surface area contributed by atoms with Gasteiger partial charge < -0.3 is 0 Å². The van der Waals surface area contributed by atoms with Gasteiger partial charge >= 0.3 is 66.9 Å². The Morgan fingerprint density at radius 2 is 2.22 bits per heavy atom. The quantitative estimate of drug-likeness (QED) is 0.428. The van der Waals surface area contributed by atoms with E-state index in [0.717, 1.165) is 10.3 Å². The molecule has 0 amide bonds. The zero-order valence-electron chi connectivity index (χ0n) is 4.93. The molecule has 1 rings (SSSR count). The van der Waals surface area contributed by atoms with Gasteiger partial charge in [0.2, 0.25) is 0 Å². The number of aromatic nitrogens is 2. The van der Waals surface area contributed by atoms with Crippen LogP contribution in [0.25, 0.3) is 0 Å². The molecule has 1 aromatic rings. The van der Waals surface area contributed by atoms with Gasteiger partial charge in [-0.2, -0.15) is 0 Å². The number of aryl methyl sites for hydroxylation is 1. The van der Waals surface area contributed by atoms with Crippen molar-refractivity contribution in [3.05, 3.63) is 17.0 Å². The van der Waals surface area contributed by atoms with Gasteiger partial charge in [-0.1, -0.05) is 0 Å². The van der Waals surface area contributed by atoms with Gasteiger partial charge in [0.05, 0.1) is 0 Å². The van der Waals surface area contributed by atoms with Crippen molar-refractivity contribution in [1.82, 2.24) is 9.97 Å². The minimum absolute atomic E-state index is 0.530. The molecule has 4 heteroatoms. The monoisotopic (exact) mass is 204 g/mol. The second-order valence-corrected chi connectivity index (χ2v) is 3.29. The average molecular weight is 204 g/mol. The predicted molar refractivity (Wildman–Crippen MR) is 40.0 cm³/mol. The summed E-state index contributed by atoms with van der Waals surface area (Å²) in [7, 11) is 0. The Balaban J connectivity index is 3.17. The molecule has 0 saturated carbocycles. The van der Waals surface area contributed by atoms with Crippen LogP contribution >= 0.6 is 11.6 Å². The predicted octanol–water partition coefficient (Wildman–Crippen LogP) is -0.303. The summed E-state index contributed by atoms with van der Waals surface area (Å²) in [5.41, 5.74) is 0. The van der Waals surface area contributed by atoms with E-state index in [1.165, 1.54) is 16.9 Å². The Bertz CT molecular complexity index is 176. The van der Waals surface area contributed by atoms with Crippen molar-refractivity contribution in [2.75, 3.05) is 0 Å². The first-order chi connectivity index (χ1) is 4.18. The van der Waals surface area contributed by atoms with Crippen LogP contribution in [0, 0.1) is 6.92 Å². The van der Waals surface area contributed by atoms with Gasteiger partial charge in [0, 0.05) is 0 Å². The molecule has 1 atom stereocenters. The molecular weight excluding hydrogens is 198 g/mol. The molecule has 0 aliphatic carbocycles. The van der Waals surface area contributed by atoms with E-state index in [0.29, 0.717) is 5.15 Å². The molecule has 9 heavy (non-hydrogen) atoms. The average Bonchev–Trinajstić information content (AvgIpc) is 1.59. The van der Waals surface area contributed by atoms with Crippen molar-refractivity contribution >= 4 is 32.9 Å². The molecule has 0 spiro atoms. The first kappa shape index (κ1) is 7.04. The van der Waals surface area contributed by atoms with Gasteiger partial charge in [0.15, 0.2) is 0 Å². The molecule has 1 aromatic heterocycles. The van der Waals surface area contributed by atoms with E-state index in [4.69, 9.17) is 11.6 Å². The van der Waals surface area contributed by atoms with Crippen LogP contribution in [-0.2, 0) is 0 Å². The van der Waals surface area contributed by atoms with E-state index in [2.05, 4.69) is 9.97 Å². The van der Waals surface area contributed by atoms with Crippen LogP contribution in [0.1, 0.15) is 5.82 Å². The SMILES string of the molecule is Cc1nc(Cl)cc([AsH2])n1. The van der Waals surface area contributed by atoms with Gasteiger partial charge in [-0.3, -0.25) is 0 Å². The molecule has 0 aliphatic heterocycles. The van der Waals surface area contributed by atoms with E-state index >= 15 is 0 Å². The summed E-state index contributed by atoms with van der Waals surface area (Å²) in [6.07, 6.45) is 0. The summed E-state index contributed by atoms with van der Waals surface area (Å²) in [5.74, 6) is 0.738. The zero-order chi connectivity index (χ0) is 6.85. The summed E-state index contributed by atoms with van der Waals surface area (Å²) in [6.45, 7) is 1.83. The van der Waals surface area contributed by atoms with Gasteiger partial charge in [-0.15, -0.1) is 0 Å². The zero-order valence-corrected chi connectivity index (χ0v) is 8.11. The number of hydrogen-bond donors (Lipinski definition) is 0. The second kappa shape index (κ2) is 2.67. The van der Waals surface area contributed by atoms with Gasteiger partial charge in [0.25, 0.3) is 0 Å². The normalized spacial score (nSPS) is 9.67. The molecule has 1 unspecified atom stereocenters. The van der Waals surface area contributed by atoms with Crippen LogP contribution in [0.4, 0.5) is 0 Å². The van der Waals surface area contributed by atoms with Crippen LogP contribution in [0.15, 0.2) is 6.07 Å². The maximum atomic E-state index is 5.61. The molecule has 0 N–H and O–H groups in total. The fourth-order valence-electron chi connectivity index (χ4n) is 0.553. The Hall–Kier alpha value is -0.0716. The van der Waals surface area contributed by atoms with Crippen molar-refractivity contribution in [1.29, 1.82) is 0 Å². The van der Waals surface area contributed by atoms with Crippen molar-refractivity contribution < 1.29 is 0 Å². The van der Waals surface area contributed by atoms with E-state index in [1.807, 2.05) is 6.92 Å². The standard InChI is InChI=1S/C5H6AsClN2/c1-3-8-4(6)2-5(7)9-3/h2H,6H2,1H3. The third-order valence-corrected chi connectivity index (χ3v) is 1.64. The Labute approximate surface area is 67.2 Å². The Morgan fingerprint density at radius 1 is 1.56 bits per heavy atom. The maximum absolute atomic E-state index is 5.61. The number of rotatable bonds is 0. The van der Waals surface area contributed by atoms with Crippen LogP contribution in [-0.4, -0.2) is 26.8 Å². The fourth-order valence-corrected chi connectivity index (χ4v) is 1.73. The molecule has 0 saturated heterocycles. The van der Waals surface area contributed by atoms with Crippen LogP contribution in [0.2, 0.25) is 5.15 Å². The summed E-state index contributed by atoms with van der Waals surface area (Å²) in [6, 6.07) is 1.76. The van der Waals surface area contributed by atoms with Gasteiger partial charge in [-0.25, -0.2) is 0 Å². The topological polar surface area (TPSA) is 25.8 Å². The van der Waals surface area contributed by atoms with Crippen molar-refractivity contribution in [3.63, 3.8) is 0 Å². The van der Waals surface area contributed by atoms with Crippen molar-refractivity contribution in [3.8, 4) is 0 Å². The molecule has 1 heterocycles. The Morgan fingerprint density at radius 3 is 2.67 bits per heavy atom. The first-order valence-electron chi connectivity index (χ1n) is 2.45. The van der Waals surface area contributed by atoms with E-state index in [1.54, 1.807) is 6.07 Å². The van der Waals surface area contributed by atoms with Crippen LogP contribution in [0.3, 0.4) is 0 Å². The molecule has 0 bridgehead atoms. The van der Waals surface area contributed by atoms with Crippen molar-refractivity contribution in [2.45, 2.75) is 6.92 Å². The fraction of sp³-hybridized carbons (Fsp3) is 0.200. The summed E-state index contributed by atoms with van der Waals surface area (Å²) >= 11 is 7.07. The minimum atomic E-state index is 0.530. The number of hydrogen-bond acceptors (Lipinski definition) is 2. The molecule has 0 aliphatic rings. The number of halogens is 1. The van der Waals surface area contributed by atoms with Crippen LogP contribution in [0.5, 0.6) is 0 Å². The molecule has 0 fully saturated rings. The van der Waals surface area contributed by atoms with Crippen LogP contribution < -0.4 is 4.48 Å². The summed E-state index contributed by atoms with van der Waals surface area (Å²) in [5, 5.41) is 0.530. The molecule has 48 valence electrons. The Kier molecular flexibility index (Phi) is 2.09. The summed E-state index contributed by atoms with van der Waals surface area (Å²) < 4.78 is 0.972. The third kappa shape index (κ3) is 1.96. The van der Waals surface area contributed by atoms with E-state index in [9.17, 15) is 0 Å². The molecule has 2 nitrogen and oxygen atoms in total. The second-order valence-electron chi connectivity index (χ2n) is 1.66. The first-order valence-corrected chi connectivity index (χ1v) is 4.04. The van der Waals surface area contributed by atoms with E-state index in [-0.39, 0.29) is 0 Å².